The Morgan fingerprint density at radius 1 is 1.00 bits per heavy atom. The Bertz CT molecular complexity index is 203. The van der Waals surface area contributed by atoms with Crippen LogP contribution in [0, 0.1) is 0 Å². The molecule has 0 bridgehead atoms. The van der Waals surface area contributed by atoms with Crippen LogP contribution in [0.1, 0.15) is 78.6 Å². The Morgan fingerprint density at radius 2 is 1.56 bits per heavy atom. The van der Waals surface area contributed by atoms with Crippen molar-refractivity contribution >= 4 is 0 Å². The summed E-state index contributed by atoms with van der Waals surface area (Å²) < 4.78 is 0. The van der Waals surface area contributed by atoms with E-state index in [2.05, 4.69) is 25.7 Å². The van der Waals surface area contributed by atoms with Crippen LogP contribution in [0.3, 0.4) is 0 Å². The van der Waals surface area contributed by atoms with E-state index in [0.717, 1.165) is 12.6 Å². The number of nitrogens with zero attached hydrogens (tertiary/aromatic N) is 1. The first kappa shape index (κ1) is 16.0. The van der Waals surface area contributed by atoms with Crippen molar-refractivity contribution in [3.05, 3.63) is 0 Å². The van der Waals surface area contributed by atoms with Crippen LogP contribution in [-0.4, -0.2) is 29.6 Å². The molecule has 2 heteroatoms. The molecule has 108 valence electrons. The van der Waals surface area contributed by atoms with Gasteiger partial charge in [-0.2, -0.15) is 0 Å². The molecule has 1 aliphatic carbocycles. The van der Waals surface area contributed by atoms with Gasteiger partial charge in [-0.1, -0.05) is 52.9 Å². The van der Waals surface area contributed by atoms with Crippen LogP contribution < -0.4 is 5.73 Å². The molecule has 0 saturated heterocycles. The molecule has 0 aromatic carbocycles. The highest BCUT2D eigenvalue weighted by atomic mass is 15.2. The molecule has 0 spiro atoms. The zero-order valence-corrected chi connectivity index (χ0v) is 12.9. The summed E-state index contributed by atoms with van der Waals surface area (Å²) in [5.74, 6) is 0. The summed E-state index contributed by atoms with van der Waals surface area (Å²) in [5, 5.41) is 0. The van der Waals surface area contributed by atoms with Crippen molar-refractivity contribution in [3.63, 3.8) is 0 Å². The molecule has 1 aliphatic rings. The lowest BCUT2D eigenvalue weighted by molar-refractivity contribution is 0.0214. The van der Waals surface area contributed by atoms with Gasteiger partial charge in [-0.05, 0) is 32.2 Å². The van der Waals surface area contributed by atoms with Crippen molar-refractivity contribution in [3.8, 4) is 0 Å². The molecule has 2 nitrogen and oxygen atoms in total. The van der Waals surface area contributed by atoms with E-state index in [0.29, 0.717) is 0 Å². The minimum atomic E-state index is 0.278. The van der Waals surface area contributed by atoms with E-state index in [1.54, 1.807) is 0 Å². The van der Waals surface area contributed by atoms with Crippen molar-refractivity contribution in [1.82, 2.24) is 4.90 Å². The van der Waals surface area contributed by atoms with Crippen molar-refractivity contribution in [1.29, 1.82) is 0 Å². The fourth-order valence-electron chi connectivity index (χ4n) is 4.04. The van der Waals surface area contributed by atoms with Crippen molar-refractivity contribution < 1.29 is 0 Å². The first-order chi connectivity index (χ1) is 8.74. The van der Waals surface area contributed by atoms with Crippen LogP contribution in [0.5, 0.6) is 0 Å². The predicted octanol–water partition coefficient (Wildman–Crippen LogP) is 3.94. The van der Waals surface area contributed by atoms with Gasteiger partial charge in [0.25, 0.3) is 0 Å². The summed E-state index contributed by atoms with van der Waals surface area (Å²) in [6, 6.07) is 0.797. The zero-order valence-electron chi connectivity index (χ0n) is 12.9. The average molecular weight is 254 g/mol. The Balaban J connectivity index is 2.82. The van der Waals surface area contributed by atoms with Crippen molar-refractivity contribution in [2.75, 3.05) is 13.1 Å². The van der Waals surface area contributed by atoms with Gasteiger partial charge in [0.2, 0.25) is 0 Å². The number of rotatable bonds is 8. The van der Waals surface area contributed by atoms with Crippen LogP contribution >= 0.6 is 0 Å². The molecule has 18 heavy (non-hydrogen) atoms. The third-order valence-electron chi connectivity index (χ3n) is 4.78. The molecule has 0 heterocycles. The molecule has 0 aliphatic heterocycles. The second kappa shape index (κ2) is 8.16. The van der Waals surface area contributed by atoms with E-state index in [1.807, 2.05) is 0 Å². The number of nitrogens with two attached hydrogens (primary N) is 1. The molecule has 2 N–H and O–H groups in total. The summed E-state index contributed by atoms with van der Waals surface area (Å²) >= 11 is 0. The summed E-state index contributed by atoms with van der Waals surface area (Å²) in [5.41, 5.74) is 6.50. The molecule has 1 saturated carbocycles. The fraction of sp³-hybridized carbons (Fsp3) is 1.00. The van der Waals surface area contributed by atoms with Crippen LogP contribution in [0.2, 0.25) is 0 Å². The van der Waals surface area contributed by atoms with Crippen LogP contribution in [0.4, 0.5) is 0 Å². The summed E-state index contributed by atoms with van der Waals surface area (Å²) in [6.07, 6.45) is 12.1. The summed E-state index contributed by atoms with van der Waals surface area (Å²) in [7, 11) is 0. The maximum atomic E-state index is 6.22. The lowest BCUT2D eigenvalue weighted by Crippen LogP contribution is -2.58. The van der Waals surface area contributed by atoms with E-state index in [4.69, 9.17) is 5.73 Å². The fourth-order valence-corrected chi connectivity index (χ4v) is 4.04. The van der Waals surface area contributed by atoms with E-state index >= 15 is 0 Å². The van der Waals surface area contributed by atoms with Gasteiger partial charge in [-0.3, -0.25) is 4.90 Å². The Kier molecular flexibility index (Phi) is 7.25. The number of hydrogen-bond acceptors (Lipinski definition) is 2. The molecule has 0 unspecified atom stereocenters. The van der Waals surface area contributed by atoms with Gasteiger partial charge < -0.3 is 5.73 Å². The van der Waals surface area contributed by atoms with Gasteiger partial charge in [0.05, 0.1) is 0 Å². The van der Waals surface area contributed by atoms with Gasteiger partial charge in [-0.15, -0.1) is 0 Å². The molecule has 1 rings (SSSR count). The molecular weight excluding hydrogens is 220 g/mol. The van der Waals surface area contributed by atoms with Gasteiger partial charge >= 0.3 is 0 Å². The van der Waals surface area contributed by atoms with Gasteiger partial charge in [-0.25, -0.2) is 0 Å². The first-order valence-electron chi connectivity index (χ1n) is 8.20. The maximum absolute atomic E-state index is 6.22. The first-order valence-corrected chi connectivity index (χ1v) is 8.20. The zero-order chi connectivity index (χ0) is 13.4. The van der Waals surface area contributed by atoms with Gasteiger partial charge in [0.15, 0.2) is 0 Å². The van der Waals surface area contributed by atoms with Gasteiger partial charge in [0, 0.05) is 18.1 Å². The average Bonchev–Trinajstić information content (AvgIpc) is 2.41. The normalized spacial score (nSPS) is 18.5. The molecule has 1 fully saturated rings. The van der Waals surface area contributed by atoms with Crippen LogP contribution in [-0.2, 0) is 0 Å². The smallest absolute Gasteiger partial charge is 0.0334 e. The molecule has 0 aromatic heterocycles. The number of likely N-dealkylation sites (N-methyl/N-ethyl adjacent to an activating group) is 1. The molecule has 0 amide bonds. The van der Waals surface area contributed by atoms with E-state index < -0.39 is 0 Å². The molecular formula is C16H34N2. The largest absolute Gasteiger partial charge is 0.329 e. The van der Waals surface area contributed by atoms with Crippen molar-refractivity contribution in [2.45, 2.75) is 90.1 Å². The van der Waals surface area contributed by atoms with Crippen LogP contribution in [0.15, 0.2) is 0 Å². The second-order valence-electron chi connectivity index (χ2n) is 6.01. The Hall–Kier alpha value is -0.0800. The maximum Gasteiger partial charge on any atom is 0.0334 e. The van der Waals surface area contributed by atoms with Gasteiger partial charge in [0.1, 0.15) is 0 Å². The highest BCUT2D eigenvalue weighted by Gasteiger charge is 2.37. The second-order valence-corrected chi connectivity index (χ2v) is 6.01. The predicted molar refractivity (Wildman–Crippen MR) is 80.9 cm³/mol. The molecule has 0 radical (unpaired) electrons. The van der Waals surface area contributed by atoms with E-state index in [-0.39, 0.29) is 5.54 Å². The summed E-state index contributed by atoms with van der Waals surface area (Å²) in [4.78, 5) is 2.78. The van der Waals surface area contributed by atoms with E-state index in [9.17, 15) is 0 Å². The lowest BCUT2D eigenvalue weighted by Gasteiger charge is -2.48. The summed E-state index contributed by atoms with van der Waals surface area (Å²) in [6.45, 7) is 8.93. The third-order valence-corrected chi connectivity index (χ3v) is 4.78. The monoisotopic (exact) mass is 254 g/mol. The Morgan fingerprint density at radius 3 is 1.94 bits per heavy atom. The highest BCUT2D eigenvalue weighted by Crippen LogP contribution is 2.33. The van der Waals surface area contributed by atoms with Crippen molar-refractivity contribution in [2.24, 2.45) is 5.73 Å². The van der Waals surface area contributed by atoms with Crippen LogP contribution in [0.25, 0.3) is 0 Å². The quantitative estimate of drug-likeness (QED) is 0.711. The standard InChI is InChI=1S/C16H34N2/c1-4-12-16(14-17,13-5-2)18(6-3)15-10-8-7-9-11-15/h15H,4-14,17H2,1-3H3. The molecule has 0 aromatic rings. The molecule has 0 atom stereocenters. The highest BCUT2D eigenvalue weighted by molar-refractivity contribution is 4.94. The third kappa shape index (κ3) is 3.71. The van der Waals surface area contributed by atoms with E-state index in [1.165, 1.54) is 64.3 Å². The Labute approximate surface area is 114 Å². The minimum Gasteiger partial charge on any atom is -0.329 e. The minimum absolute atomic E-state index is 0.278. The number of hydrogen-bond donors (Lipinski definition) is 1. The lowest BCUT2D eigenvalue weighted by atomic mass is 9.82. The SMILES string of the molecule is CCCC(CN)(CCC)N(CC)C1CCCCC1. The topological polar surface area (TPSA) is 29.3 Å².